The number of carbonyl (C=O) groups is 1. The number of likely N-dealkylation sites (N-methyl/N-ethyl adjacent to an activating group) is 1. The van der Waals surface area contributed by atoms with E-state index in [0.717, 1.165) is 23.1 Å². The molecule has 0 unspecified atom stereocenters. The molecule has 1 aromatic rings. The fraction of sp³-hybridized carbons (Fsp3) is 0.500. The number of sulfone groups is 1. The average Bonchev–Trinajstić information content (AvgIpc) is 2.32. The van der Waals surface area contributed by atoms with E-state index in [1.54, 1.807) is 7.05 Å². The van der Waals surface area contributed by atoms with E-state index in [1.807, 2.05) is 32.0 Å². The zero-order valence-electron chi connectivity index (χ0n) is 12.4. The van der Waals surface area contributed by atoms with Gasteiger partial charge < -0.3 is 10.6 Å². The zero-order chi connectivity index (χ0) is 15.5. The molecule has 0 saturated heterocycles. The third kappa shape index (κ3) is 4.94. The summed E-state index contributed by atoms with van der Waals surface area (Å²) in [6.07, 6.45) is 1.27. The second-order valence-corrected chi connectivity index (χ2v) is 7.53. The fourth-order valence-corrected chi connectivity index (χ4v) is 2.67. The molecule has 0 aromatic heterocycles. The maximum Gasteiger partial charge on any atom is 0.243 e. The van der Waals surface area contributed by atoms with Crippen LogP contribution in [0.1, 0.15) is 17.5 Å². The molecule has 0 spiro atoms. The van der Waals surface area contributed by atoms with Gasteiger partial charge in [0.2, 0.25) is 5.91 Å². The average molecular weight is 298 g/mol. The third-order valence-corrected chi connectivity index (χ3v) is 4.02. The number of amides is 1. The summed E-state index contributed by atoms with van der Waals surface area (Å²) in [6.45, 7) is 3.91. The lowest BCUT2D eigenvalue weighted by Gasteiger charge is -2.22. The van der Waals surface area contributed by atoms with Gasteiger partial charge in [-0.2, -0.15) is 0 Å². The van der Waals surface area contributed by atoms with Gasteiger partial charge in [-0.3, -0.25) is 4.79 Å². The van der Waals surface area contributed by atoms with Crippen molar-refractivity contribution in [3.63, 3.8) is 0 Å². The van der Waals surface area contributed by atoms with Gasteiger partial charge in [-0.1, -0.05) is 6.07 Å². The Balaban J connectivity index is 2.80. The van der Waals surface area contributed by atoms with E-state index in [-0.39, 0.29) is 18.1 Å². The quantitative estimate of drug-likeness (QED) is 0.880. The van der Waals surface area contributed by atoms with E-state index in [1.165, 1.54) is 4.90 Å². The lowest BCUT2D eigenvalue weighted by Crippen LogP contribution is -2.42. The highest BCUT2D eigenvalue weighted by atomic mass is 32.2. The van der Waals surface area contributed by atoms with Crippen LogP contribution in [0.5, 0.6) is 0 Å². The van der Waals surface area contributed by atoms with Crippen LogP contribution in [0.25, 0.3) is 0 Å². The van der Waals surface area contributed by atoms with Crippen LogP contribution in [-0.2, 0) is 14.6 Å². The molecule has 1 amide bonds. The maximum atomic E-state index is 12.2. The number of nitrogens with two attached hydrogens (primary N) is 1. The van der Waals surface area contributed by atoms with E-state index in [4.69, 9.17) is 5.73 Å². The normalized spacial score (nSPS) is 13.1. The molecule has 6 heteroatoms. The highest BCUT2D eigenvalue weighted by molar-refractivity contribution is 7.90. The molecule has 0 fully saturated rings. The summed E-state index contributed by atoms with van der Waals surface area (Å²) in [4.78, 5) is 13.7. The number of anilines is 1. The van der Waals surface area contributed by atoms with Gasteiger partial charge in [-0.15, -0.1) is 0 Å². The number of aryl methyl sites for hydroxylation is 2. The molecule has 112 valence electrons. The van der Waals surface area contributed by atoms with Crippen LogP contribution in [0.4, 0.5) is 5.69 Å². The number of hydrogen-bond acceptors (Lipinski definition) is 4. The molecule has 0 aliphatic heterocycles. The molecular formula is C14H22N2O3S. The lowest BCUT2D eigenvalue weighted by atomic mass is 10.1. The predicted molar refractivity (Wildman–Crippen MR) is 81.6 cm³/mol. The third-order valence-electron chi connectivity index (χ3n) is 3.04. The van der Waals surface area contributed by atoms with Crippen molar-refractivity contribution in [1.29, 1.82) is 0 Å². The van der Waals surface area contributed by atoms with Gasteiger partial charge in [-0.25, -0.2) is 8.42 Å². The highest BCUT2D eigenvalue weighted by Crippen LogP contribution is 2.18. The summed E-state index contributed by atoms with van der Waals surface area (Å²) in [5.74, 6) is -0.362. The van der Waals surface area contributed by atoms with Gasteiger partial charge in [0.1, 0.15) is 9.84 Å². The minimum Gasteiger partial charge on any atom is -0.320 e. The first-order valence-corrected chi connectivity index (χ1v) is 8.45. The van der Waals surface area contributed by atoms with E-state index in [9.17, 15) is 13.2 Å². The molecule has 1 aromatic carbocycles. The number of nitrogens with zero attached hydrogens (tertiary/aromatic N) is 1. The number of benzene rings is 1. The van der Waals surface area contributed by atoms with Gasteiger partial charge in [0, 0.05) is 19.0 Å². The van der Waals surface area contributed by atoms with Gasteiger partial charge in [0.05, 0.1) is 11.8 Å². The van der Waals surface area contributed by atoms with Crippen molar-refractivity contribution in [1.82, 2.24) is 0 Å². The summed E-state index contributed by atoms with van der Waals surface area (Å²) in [7, 11) is -1.46. The Kier molecular flexibility index (Phi) is 5.30. The lowest BCUT2D eigenvalue weighted by molar-refractivity contribution is -0.119. The van der Waals surface area contributed by atoms with Crippen LogP contribution in [0, 0.1) is 13.8 Å². The van der Waals surface area contributed by atoms with Crippen LogP contribution in [0.3, 0.4) is 0 Å². The Morgan fingerprint density at radius 1 is 1.25 bits per heavy atom. The molecule has 0 aliphatic rings. The van der Waals surface area contributed by atoms with Crippen molar-refractivity contribution in [3.05, 3.63) is 29.3 Å². The summed E-state index contributed by atoms with van der Waals surface area (Å²) in [5, 5.41) is 0. The standard InChI is InChI=1S/C14H22N2O3S/c1-10-7-11(2)9-12(8-10)16(3)14(17)13(15)5-6-20(4,18)19/h7-9,13H,5-6,15H2,1-4H3/t13-/m0/s1. The van der Waals surface area contributed by atoms with Crippen molar-refractivity contribution < 1.29 is 13.2 Å². The first-order valence-electron chi connectivity index (χ1n) is 6.39. The van der Waals surface area contributed by atoms with Gasteiger partial charge in [0.15, 0.2) is 0 Å². The predicted octanol–water partition coefficient (Wildman–Crippen LogP) is 1.03. The number of rotatable bonds is 5. The van der Waals surface area contributed by atoms with Gasteiger partial charge in [-0.05, 0) is 43.5 Å². The van der Waals surface area contributed by atoms with Crippen molar-refractivity contribution in [3.8, 4) is 0 Å². The van der Waals surface area contributed by atoms with Gasteiger partial charge >= 0.3 is 0 Å². The van der Waals surface area contributed by atoms with Crippen molar-refractivity contribution in [2.45, 2.75) is 26.3 Å². The molecule has 2 N–H and O–H groups in total. The molecular weight excluding hydrogens is 276 g/mol. The van der Waals surface area contributed by atoms with Crippen molar-refractivity contribution in [2.75, 3.05) is 24.0 Å². The zero-order valence-corrected chi connectivity index (χ0v) is 13.2. The topological polar surface area (TPSA) is 80.5 Å². The Morgan fingerprint density at radius 3 is 2.20 bits per heavy atom. The van der Waals surface area contributed by atoms with Crippen LogP contribution in [0.15, 0.2) is 18.2 Å². The monoisotopic (exact) mass is 298 g/mol. The van der Waals surface area contributed by atoms with E-state index < -0.39 is 15.9 Å². The number of hydrogen-bond donors (Lipinski definition) is 1. The minimum atomic E-state index is -3.11. The summed E-state index contributed by atoms with van der Waals surface area (Å²) >= 11 is 0. The Labute approximate surface area is 120 Å². The highest BCUT2D eigenvalue weighted by Gasteiger charge is 2.20. The van der Waals surface area contributed by atoms with Crippen LogP contribution in [-0.4, -0.2) is 39.4 Å². The molecule has 0 heterocycles. The number of carbonyl (C=O) groups excluding carboxylic acids is 1. The molecule has 0 aliphatic carbocycles. The first kappa shape index (κ1) is 16.7. The molecule has 20 heavy (non-hydrogen) atoms. The summed E-state index contributed by atoms with van der Waals surface area (Å²) in [6, 6.07) is 5.00. The fourth-order valence-electron chi connectivity index (χ4n) is 1.98. The van der Waals surface area contributed by atoms with E-state index in [0.29, 0.717) is 0 Å². The Hall–Kier alpha value is -1.40. The SMILES string of the molecule is Cc1cc(C)cc(N(C)C(=O)[C@@H](N)CCS(C)(=O)=O)c1. The van der Waals surface area contributed by atoms with Crippen molar-refractivity contribution >= 4 is 21.4 Å². The Morgan fingerprint density at radius 2 is 1.75 bits per heavy atom. The van der Waals surface area contributed by atoms with Crippen molar-refractivity contribution in [2.24, 2.45) is 5.73 Å². The molecule has 0 bridgehead atoms. The van der Waals surface area contributed by atoms with Crippen LogP contribution >= 0.6 is 0 Å². The molecule has 1 rings (SSSR count). The maximum absolute atomic E-state index is 12.2. The molecule has 0 radical (unpaired) electrons. The van der Waals surface area contributed by atoms with Crippen LogP contribution < -0.4 is 10.6 Å². The van der Waals surface area contributed by atoms with Gasteiger partial charge in [0.25, 0.3) is 0 Å². The molecule has 0 saturated carbocycles. The summed E-state index contributed by atoms with van der Waals surface area (Å²) in [5.41, 5.74) is 8.67. The van der Waals surface area contributed by atoms with E-state index in [2.05, 4.69) is 0 Å². The smallest absolute Gasteiger partial charge is 0.243 e. The largest absolute Gasteiger partial charge is 0.320 e. The summed E-state index contributed by atoms with van der Waals surface area (Å²) < 4.78 is 22.2. The second-order valence-electron chi connectivity index (χ2n) is 5.27. The Bertz CT molecular complexity index is 576. The molecule has 1 atom stereocenters. The minimum absolute atomic E-state index is 0.0827. The second kappa shape index (κ2) is 6.37. The van der Waals surface area contributed by atoms with E-state index >= 15 is 0 Å². The first-order chi connectivity index (χ1) is 9.10. The van der Waals surface area contributed by atoms with Crippen LogP contribution in [0.2, 0.25) is 0 Å². The molecule has 5 nitrogen and oxygen atoms in total.